The maximum atomic E-state index is 11.4. The molecule has 1 heterocycles. The Morgan fingerprint density at radius 2 is 2.29 bits per heavy atom. The predicted molar refractivity (Wildman–Crippen MR) is 63.8 cm³/mol. The van der Waals surface area contributed by atoms with Crippen molar-refractivity contribution in [3.05, 3.63) is 23.2 Å². The van der Waals surface area contributed by atoms with Crippen molar-refractivity contribution in [2.24, 2.45) is 5.41 Å². The quantitative estimate of drug-likeness (QED) is 0.798. The van der Waals surface area contributed by atoms with E-state index < -0.39 is 0 Å². The van der Waals surface area contributed by atoms with Crippen LogP contribution >= 0.6 is 0 Å². The number of esters is 1. The second-order valence-electron chi connectivity index (χ2n) is 5.09. The zero-order valence-corrected chi connectivity index (χ0v) is 10.6. The zero-order valence-electron chi connectivity index (χ0n) is 10.6. The number of ether oxygens (including phenoxy) is 1. The third-order valence-electron chi connectivity index (χ3n) is 3.33. The Labute approximate surface area is 101 Å². The number of carbonyl (C=O) groups excluding carboxylic acids is 1. The summed E-state index contributed by atoms with van der Waals surface area (Å²) >= 11 is 0. The van der Waals surface area contributed by atoms with Gasteiger partial charge >= 0.3 is 5.97 Å². The Morgan fingerprint density at radius 1 is 1.59 bits per heavy atom. The van der Waals surface area contributed by atoms with E-state index in [0.717, 1.165) is 12.3 Å². The van der Waals surface area contributed by atoms with Gasteiger partial charge in [-0.05, 0) is 31.2 Å². The molecule has 0 aliphatic heterocycles. The lowest BCUT2D eigenvalue weighted by Crippen LogP contribution is -2.21. The Morgan fingerprint density at radius 3 is 2.88 bits per heavy atom. The molecular weight excluding hydrogens is 218 g/mol. The molecule has 1 aromatic rings. The molecule has 0 bridgehead atoms. The van der Waals surface area contributed by atoms with Crippen molar-refractivity contribution in [2.75, 3.05) is 13.7 Å². The molecule has 4 nitrogen and oxygen atoms in total. The number of rotatable bonds is 5. The van der Waals surface area contributed by atoms with Crippen LogP contribution in [-0.2, 0) is 11.3 Å². The highest BCUT2D eigenvalue weighted by Gasteiger charge is 2.36. The third-order valence-corrected chi connectivity index (χ3v) is 3.33. The van der Waals surface area contributed by atoms with Gasteiger partial charge in [0.2, 0.25) is 0 Å². The van der Waals surface area contributed by atoms with E-state index in [1.165, 1.54) is 20.0 Å². The number of methoxy groups -OCH3 is 1. The summed E-state index contributed by atoms with van der Waals surface area (Å²) in [6.07, 6.45) is 2.59. The second kappa shape index (κ2) is 4.53. The Balaban J connectivity index is 1.90. The van der Waals surface area contributed by atoms with Gasteiger partial charge in [0.15, 0.2) is 0 Å². The molecule has 0 atom stereocenters. The summed E-state index contributed by atoms with van der Waals surface area (Å²) in [6, 6.07) is 1.75. The van der Waals surface area contributed by atoms with Gasteiger partial charge in [-0.15, -0.1) is 0 Å². The van der Waals surface area contributed by atoms with Crippen LogP contribution in [0.5, 0.6) is 0 Å². The Bertz CT molecular complexity index is 418. The van der Waals surface area contributed by atoms with Crippen LogP contribution in [0.1, 0.15) is 41.6 Å². The van der Waals surface area contributed by atoms with Gasteiger partial charge in [0.1, 0.15) is 17.1 Å². The molecule has 2 rings (SSSR count). The minimum Gasteiger partial charge on any atom is -0.465 e. The monoisotopic (exact) mass is 237 g/mol. The number of furan rings is 1. The van der Waals surface area contributed by atoms with Gasteiger partial charge in [-0.2, -0.15) is 0 Å². The van der Waals surface area contributed by atoms with E-state index in [1.54, 1.807) is 13.0 Å². The first-order valence-electron chi connectivity index (χ1n) is 5.92. The molecule has 1 aliphatic carbocycles. The molecule has 0 unspecified atom stereocenters. The second-order valence-corrected chi connectivity index (χ2v) is 5.09. The lowest BCUT2D eigenvalue weighted by atomic mass is 10.1. The summed E-state index contributed by atoms with van der Waals surface area (Å²) in [5, 5.41) is 3.36. The minimum absolute atomic E-state index is 0.341. The van der Waals surface area contributed by atoms with E-state index in [0.29, 0.717) is 23.3 Å². The largest absolute Gasteiger partial charge is 0.465 e. The highest BCUT2D eigenvalue weighted by atomic mass is 16.5. The van der Waals surface area contributed by atoms with Crippen LogP contribution in [0, 0.1) is 12.3 Å². The Hall–Kier alpha value is -1.29. The van der Waals surface area contributed by atoms with Gasteiger partial charge in [-0.25, -0.2) is 4.79 Å². The highest BCUT2D eigenvalue weighted by Crippen LogP contribution is 2.44. The predicted octanol–water partition coefficient (Wildman–Crippen LogP) is 2.26. The fraction of sp³-hybridized carbons (Fsp3) is 0.615. The topological polar surface area (TPSA) is 51.5 Å². The van der Waals surface area contributed by atoms with Crippen molar-refractivity contribution in [1.29, 1.82) is 0 Å². The highest BCUT2D eigenvalue weighted by molar-refractivity contribution is 5.90. The van der Waals surface area contributed by atoms with Crippen molar-refractivity contribution in [1.82, 2.24) is 5.32 Å². The van der Waals surface area contributed by atoms with Crippen LogP contribution in [0.25, 0.3) is 0 Å². The van der Waals surface area contributed by atoms with Crippen LogP contribution in [0.3, 0.4) is 0 Å². The normalized spacial score (nSPS) is 16.9. The number of hydrogen-bond donors (Lipinski definition) is 1. The van der Waals surface area contributed by atoms with Crippen molar-refractivity contribution >= 4 is 5.97 Å². The summed E-state index contributed by atoms with van der Waals surface area (Å²) in [6.45, 7) is 5.71. The molecule has 0 amide bonds. The van der Waals surface area contributed by atoms with Crippen LogP contribution in [0.4, 0.5) is 0 Å². The van der Waals surface area contributed by atoms with E-state index in [4.69, 9.17) is 4.42 Å². The fourth-order valence-corrected chi connectivity index (χ4v) is 1.82. The first kappa shape index (κ1) is 12.2. The average molecular weight is 237 g/mol. The molecule has 1 N–H and O–H groups in total. The van der Waals surface area contributed by atoms with Crippen molar-refractivity contribution in [2.45, 2.75) is 33.2 Å². The first-order chi connectivity index (χ1) is 8.04. The summed E-state index contributed by atoms with van der Waals surface area (Å²) < 4.78 is 10.2. The van der Waals surface area contributed by atoms with Crippen LogP contribution in [-0.4, -0.2) is 19.6 Å². The maximum absolute atomic E-state index is 11.4. The average Bonchev–Trinajstić information content (AvgIpc) is 2.90. The maximum Gasteiger partial charge on any atom is 0.341 e. The van der Waals surface area contributed by atoms with Gasteiger partial charge in [0, 0.05) is 6.54 Å². The zero-order chi connectivity index (χ0) is 12.5. The van der Waals surface area contributed by atoms with Crippen LogP contribution in [0.2, 0.25) is 0 Å². The number of nitrogens with one attached hydrogen (secondary N) is 1. The van der Waals surface area contributed by atoms with E-state index in [-0.39, 0.29) is 5.97 Å². The number of hydrogen-bond acceptors (Lipinski definition) is 4. The van der Waals surface area contributed by atoms with Crippen molar-refractivity contribution < 1.29 is 13.9 Å². The fourth-order valence-electron chi connectivity index (χ4n) is 1.82. The molecule has 1 aromatic heterocycles. The summed E-state index contributed by atoms with van der Waals surface area (Å²) in [7, 11) is 1.38. The molecule has 0 radical (unpaired) electrons. The molecule has 1 fully saturated rings. The van der Waals surface area contributed by atoms with E-state index in [2.05, 4.69) is 17.0 Å². The van der Waals surface area contributed by atoms with Crippen LogP contribution < -0.4 is 5.32 Å². The molecule has 17 heavy (non-hydrogen) atoms. The smallest absolute Gasteiger partial charge is 0.341 e. The van der Waals surface area contributed by atoms with E-state index in [1.807, 2.05) is 0 Å². The molecular formula is C13H19NO3. The molecule has 4 heteroatoms. The summed E-state index contributed by atoms with van der Waals surface area (Å²) in [4.78, 5) is 11.4. The summed E-state index contributed by atoms with van der Waals surface area (Å²) in [5.41, 5.74) is 0.995. The molecule has 0 aromatic carbocycles. The summed E-state index contributed by atoms with van der Waals surface area (Å²) in [5.74, 6) is 1.06. The van der Waals surface area contributed by atoms with Crippen molar-refractivity contribution in [3.8, 4) is 0 Å². The van der Waals surface area contributed by atoms with E-state index >= 15 is 0 Å². The molecule has 0 saturated heterocycles. The van der Waals surface area contributed by atoms with Gasteiger partial charge in [0.05, 0.1) is 13.7 Å². The number of carbonyl (C=O) groups is 1. The molecule has 1 aliphatic rings. The molecule has 0 spiro atoms. The van der Waals surface area contributed by atoms with Crippen molar-refractivity contribution in [3.63, 3.8) is 0 Å². The SMILES string of the molecule is COC(=O)c1cc(CNCC2(C)CC2)oc1C. The first-order valence-corrected chi connectivity index (χ1v) is 5.92. The van der Waals surface area contributed by atoms with Gasteiger partial charge in [-0.1, -0.05) is 6.92 Å². The van der Waals surface area contributed by atoms with Crippen LogP contribution in [0.15, 0.2) is 10.5 Å². The standard InChI is InChI=1S/C13H19NO3/c1-9-11(12(15)16-3)6-10(17-9)7-14-8-13(2)4-5-13/h6,14H,4-5,7-8H2,1-3H3. The lowest BCUT2D eigenvalue weighted by molar-refractivity contribution is 0.0599. The third kappa shape index (κ3) is 2.88. The van der Waals surface area contributed by atoms with E-state index in [9.17, 15) is 4.79 Å². The number of aryl methyl sites for hydroxylation is 1. The molecule has 94 valence electrons. The van der Waals surface area contributed by atoms with Gasteiger partial charge in [-0.3, -0.25) is 0 Å². The van der Waals surface area contributed by atoms with Gasteiger partial charge < -0.3 is 14.5 Å². The van der Waals surface area contributed by atoms with Gasteiger partial charge in [0.25, 0.3) is 0 Å². The Kier molecular flexibility index (Phi) is 3.24. The molecule has 1 saturated carbocycles. The lowest BCUT2D eigenvalue weighted by Gasteiger charge is -2.07. The minimum atomic E-state index is -0.341.